The van der Waals surface area contributed by atoms with Gasteiger partial charge in [-0.2, -0.15) is 0 Å². The van der Waals surface area contributed by atoms with Crippen LogP contribution in [0.2, 0.25) is 0 Å². The normalized spacial score (nSPS) is 10.7. The first-order chi connectivity index (χ1) is 9.86. The maximum Gasteiger partial charge on any atom is 0.190 e. The molecular formula is C16H29IN4. The SMILES string of the molecule is CCCCCNC(=NC)NCCCNc1ccccc1.I. The van der Waals surface area contributed by atoms with Gasteiger partial charge in [-0.25, -0.2) is 0 Å². The van der Waals surface area contributed by atoms with Gasteiger partial charge >= 0.3 is 0 Å². The molecule has 1 rings (SSSR count). The smallest absolute Gasteiger partial charge is 0.190 e. The number of aliphatic imine (C=N–C) groups is 1. The lowest BCUT2D eigenvalue weighted by molar-refractivity contribution is 0.679. The molecule has 0 atom stereocenters. The van der Waals surface area contributed by atoms with E-state index in [1.165, 1.54) is 24.9 Å². The molecular weight excluding hydrogens is 375 g/mol. The Morgan fingerprint density at radius 1 is 0.952 bits per heavy atom. The van der Waals surface area contributed by atoms with Gasteiger partial charge in [0.15, 0.2) is 5.96 Å². The summed E-state index contributed by atoms with van der Waals surface area (Å²) in [6, 6.07) is 10.3. The number of nitrogens with zero attached hydrogens (tertiary/aromatic N) is 1. The average molecular weight is 404 g/mol. The lowest BCUT2D eigenvalue weighted by Crippen LogP contribution is -2.38. The summed E-state index contributed by atoms with van der Waals surface area (Å²) in [4.78, 5) is 4.22. The number of unbranched alkanes of at least 4 members (excludes halogenated alkanes) is 2. The van der Waals surface area contributed by atoms with E-state index in [0.29, 0.717) is 0 Å². The molecule has 0 spiro atoms. The maximum absolute atomic E-state index is 4.22. The van der Waals surface area contributed by atoms with Crippen LogP contribution in [0.15, 0.2) is 35.3 Å². The van der Waals surface area contributed by atoms with Crippen LogP contribution in [-0.2, 0) is 0 Å². The third kappa shape index (κ3) is 10.4. The van der Waals surface area contributed by atoms with Crippen LogP contribution in [0.1, 0.15) is 32.6 Å². The van der Waals surface area contributed by atoms with E-state index >= 15 is 0 Å². The predicted octanol–water partition coefficient (Wildman–Crippen LogP) is 3.46. The predicted molar refractivity (Wildman–Crippen MR) is 104 cm³/mol. The Bertz CT molecular complexity index is 368. The minimum atomic E-state index is 0. The molecule has 21 heavy (non-hydrogen) atoms. The van der Waals surface area contributed by atoms with Crippen molar-refractivity contribution in [3.8, 4) is 0 Å². The number of guanidine groups is 1. The first-order valence-electron chi connectivity index (χ1n) is 7.60. The van der Waals surface area contributed by atoms with Crippen molar-refractivity contribution in [2.45, 2.75) is 32.6 Å². The number of nitrogens with one attached hydrogen (secondary N) is 3. The third-order valence-electron chi connectivity index (χ3n) is 3.05. The fraction of sp³-hybridized carbons (Fsp3) is 0.562. The molecule has 1 aromatic rings. The molecule has 0 saturated carbocycles. The molecule has 1 aromatic carbocycles. The van der Waals surface area contributed by atoms with Gasteiger partial charge in [0.25, 0.3) is 0 Å². The molecule has 0 heterocycles. The van der Waals surface area contributed by atoms with Crippen molar-refractivity contribution in [1.29, 1.82) is 0 Å². The zero-order chi connectivity index (χ0) is 14.5. The summed E-state index contributed by atoms with van der Waals surface area (Å²) < 4.78 is 0. The fourth-order valence-corrected chi connectivity index (χ4v) is 1.89. The molecule has 0 aliphatic heterocycles. The molecule has 0 fully saturated rings. The average Bonchev–Trinajstić information content (AvgIpc) is 2.50. The molecule has 0 unspecified atom stereocenters. The summed E-state index contributed by atoms with van der Waals surface area (Å²) in [5.41, 5.74) is 1.18. The van der Waals surface area contributed by atoms with Crippen LogP contribution in [0, 0.1) is 0 Å². The highest BCUT2D eigenvalue weighted by Gasteiger charge is 1.96. The molecule has 0 bridgehead atoms. The van der Waals surface area contributed by atoms with Crippen LogP contribution >= 0.6 is 24.0 Å². The number of rotatable bonds is 9. The molecule has 0 amide bonds. The monoisotopic (exact) mass is 404 g/mol. The van der Waals surface area contributed by atoms with Crippen LogP contribution in [0.3, 0.4) is 0 Å². The summed E-state index contributed by atoms with van der Waals surface area (Å²) >= 11 is 0. The van der Waals surface area contributed by atoms with Gasteiger partial charge in [-0.15, -0.1) is 24.0 Å². The van der Waals surface area contributed by atoms with Gasteiger partial charge in [0, 0.05) is 32.4 Å². The summed E-state index contributed by atoms with van der Waals surface area (Å²) in [6.07, 6.45) is 4.78. The first-order valence-corrected chi connectivity index (χ1v) is 7.60. The van der Waals surface area contributed by atoms with Gasteiger partial charge in [-0.3, -0.25) is 4.99 Å². The zero-order valence-electron chi connectivity index (χ0n) is 13.2. The van der Waals surface area contributed by atoms with E-state index in [4.69, 9.17) is 0 Å². The van der Waals surface area contributed by atoms with Gasteiger partial charge < -0.3 is 16.0 Å². The van der Waals surface area contributed by atoms with E-state index in [0.717, 1.165) is 32.0 Å². The highest BCUT2D eigenvalue weighted by molar-refractivity contribution is 14.0. The van der Waals surface area contributed by atoms with E-state index in [1.807, 2.05) is 25.2 Å². The number of para-hydroxylation sites is 1. The summed E-state index contributed by atoms with van der Waals surface area (Å²) in [5.74, 6) is 0.904. The quantitative estimate of drug-likeness (QED) is 0.256. The molecule has 0 saturated heterocycles. The molecule has 0 aliphatic carbocycles. The lowest BCUT2D eigenvalue weighted by Gasteiger charge is -2.12. The highest BCUT2D eigenvalue weighted by Crippen LogP contribution is 2.03. The second-order valence-electron chi connectivity index (χ2n) is 4.78. The van der Waals surface area contributed by atoms with Gasteiger partial charge in [0.05, 0.1) is 0 Å². The zero-order valence-corrected chi connectivity index (χ0v) is 15.5. The molecule has 0 aliphatic rings. The summed E-state index contributed by atoms with van der Waals surface area (Å²) in [6.45, 7) is 5.10. The lowest BCUT2D eigenvalue weighted by atomic mass is 10.2. The number of benzene rings is 1. The van der Waals surface area contributed by atoms with Crippen LogP contribution in [0.5, 0.6) is 0 Å². The molecule has 0 aromatic heterocycles. The highest BCUT2D eigenvalue weighted by atomic mass is 127. The molecule has 5 heteroatoms. The summed E-state index contributed by atoms with van der Waals surface area (Å²) in [7, 11) is 1.82. The Balaban J connectivity index is 0.00000400. The van der Waals surface area contributed by atoms with Gasteiger partial charge in [0.2, 0.25) is 0 Å². The van der Waals surface area contributed by atoms with E-state index in [-0.39, 0.29) is 24.0 Å². The van der Waals surface area contributed by atoms with Crippen molar-refractivity contribution < 1.29 is 0 Å². The Hall–Kier alpha value is -0.980. The Kier molecular flexibility index (Phi) is 13.3. The number of halogens is 1. The Labute approximate surface area is 146 Å². The van der Waals surface area contributed by atoms with Crippen LogP contribution < -0.4 is 16.0 Å². The van der Waals surface area contributed by atoms with Gasteiger partial charge in [-0.05, 0) is 25.0 Å². The van der Waals surface area contributed by atoms with Gasteiger partial charge in [0.1, 0.15) is 0 Å². The largest absolute Gasteiger partial charge is 0.385 e. The first kappa shape index (κ1) is 20.0. The molecule has 120 valence electrons. The Morgan fingerprint density at radius 2 is 1.62 bits per heavy atom. The van der Waals surface area contributed by atoms with Crippen molar-refractivity contribution in [2.75, 3.05) is 32.0 Å². The Morgan fingerprint density at radius 3 is 2.24 bits per heavy atom. The van der Waals surface area contributed by atoms with Crippen molar-refractivity contribution in [1.82, 2.24) is 10.6 Å². The molecule has 0 radical (unpaired) electrons. The molecule has 3 N–H and O–H groups in total. The second-order valence-corrected chi connectivity index (χ2v) is 4.78. The fourth-order valence-electron chi connectivity index (χ4n) is 1.89. The molecule has 4 nitrogen and oxygen atoms in total. The number of anilines is 1. The van der Waals surface area contributed by atoms with Crippen LogP contribution in [0.4, 0.5) is 5.69 Å². The van der Waals surface area contributed by atoms with Crippen molar-refractivity contribution in [3.63, 3.8) is 0 Å². The van der Waals surface area contributed by atoms with E-state index in [2.05, 4.69) is 40.0 Å². The van der Waals surface area contributed by atoms with E-state index < -0.39 is 0 Å². The third-order valence-corrected chi connectivity index (χ3v) is 3.05. The van der Waals surface area contributed by atoms with Crippen molar-refractivity contribution >= 4 is 35.6 Å². The maximum atomic E-state index is 4.22. The number of hydrogen-bond acceptors (Lipinski definition) is 2. The van der Waals surface area contributed by atoms with E-state index in [1.54, 1.807) is 0 Å². The minimum absolute atomic E-state index is 0. The van der Waals surface area contributed by atoms with Gasteiger partial charge in [-0.1, -0.05) is 38.0 Å². The van der Waals surface area contributed by atoms with Crippen LogP contribution in [-0.4, -0.2) is 32.6 Å². The second kappa shape index (κ2) is 14.0. The summed E-state index contributed by atoms with van der Waals surface area (Å²) in [5, 5.41) is 10.1. The van der Waals surface area contributed by atoms with E-state index in [9.17, 15) is 0 Å². The van der Waals surface area contributed by atoms with Crippen molar-refractivity contribution in [3.05, 3.63) is 30.3 Å². The standard InChI is InChI=1S/C16H28N4.HI/c1-3-4-8-12-19-16(17-2)20-14-9-13-18-15-10-6-5-7-11-15;/h5-7,10-11,18H,3-4,8-9,12-14H2,1-2H3,(H2,17,19,20);1H. The van der Waals surface area contributed by atoms with Crippen molar-refractivity contribution in [2.24, 2.45) is 4.99 Å². The number of hydrogen-bond donors (Lipinski definition) is 3. The topological polar surface area (TPSA) is 48.5 Å². The van der Waals surface area contributed by atoms with Crippen LogP contribution in [0.25, 0.3) is 0 Å². The minimum Gasteiger partial charge on any atom is -0.385 e.